The zero-order valence-corrected chi connectivity index (χ0v) is 21.3. The fourth-order valence-electron chi connectivity index (χ4n) is 3.95. The minimum absolute atomic E-state index is 0.0300. The second kappa shape index (κ2) is 11.9. The van der Waals surface area contributed by atoms with Gasteiger partial charge in [-0.3, -0.25) is 0 Å². The molecule has 3 rings (SSSR count). The molecule has 0 spiro atoms. The van der Waals surface area contributed by atoms with Crippen molar-refractivity contribution >= 4 is 5.97 Å². The highest BCUT2D eigenvalue weighted by molar-refractivity contribution is 5.88. The molecule has 0 aliphatic carbocycles. The van der Waals surface area contributed by atoms with Crippen molar-refractivity contribution in [1.82, 2.24) is 5.32 Å². The molecule has 3 aromatic carbocycles. The molecule has 3 N–H and O–H groups in total. The Bertz CT molecular complexity index is 1210. The molecule has 6 heteroatoms. The molecule has 0 aliphatic rings. The number of hydrogen-bond donors (Lipinski definition) is 3. The Morgan fingerprint density at radius 2 is 1.67 bits per heavy atom. The van der Waals surface area contributed by atoms with E-state index in [1.807, 2.05) is 0 Å². The molecule has 1 unspecified atom stereocenters. The average molecular weight is 487 g/mol. The summed E-state index contributed by atoms with van der Waals surface area (Å²) in [4.78, 5) is 11.1. The third-order valence-corrected chi connectivity index (χ3v) is 6.11. The van der Waals surface area contributed by atoms with Gasteiger partial charge in [-0.25, -0.2) is 4.79 Å². The van der Waals surface area contributed by atoms with Gasteiger partial charge in [0.2, 0.25) is 0 Å². The lowest BCUT2D eigenvalue weighted by Gasteiger charge is -2.28. The first-order valence-corrected chi connectivity index (χ1v) is 12.1. The second-order valence-electron chi connectivity index (χ2n) is 10.0. The monoisotopic (exact) mass is 486 g/mol. The molecular formula is C30H34N2O4. The summed E-state index contributed by atoms with van der Waals surface area (Å²) < 4.78 is 5.83. The summed E-state index contributed by atoms with van der Waals surface area (Å²) in [5.41, 5.74) is 4.49. The molecular weight excluding hydrogens is 452 g/mol. The third kappa shape index (κ3) is 7.42. The summed E-state index contributed by atoms with van der Waals surface area (Å²) in [5, 5.41) is 32.5. The fourth-order valence-corrected chi connectivity index (χ4v) is 3.95. The molecule has 6 nitrogen and oxygen atoms in total. The summed E-state index contributed by atoms with van der Waals surface area (Å²) in [6, 6.07) is 22.4. The lowest BCUT2D eigenvalue weighted by Crippen LogP contribution is -2.46. The van der Waals surface area contributed by atoms with E-state index in [0.717, 1.165) is 17.5 Å². The van der Waals surface area contributed by atoms with Crippen molar-refractivity contribution in [2.24, 2.45) is 0 Å². The maximum atomic E-state index is 11.1. The van der Waals surface area contributed by atoms with Gasteiger partial charge >= 0.3 is 5.97 Å². The molecule has 0 saturated carbocycles. The minimum Gasteiger partial charge on any atom is -0.489 e. The van der Waals surface area contributed by atoms with E-state index >= 15 is 0 Å². The van der Waals surface area contributed by atoms with Gasteiger partial charge in [0, 0.05) is 12.1 Å². The normalized spacial score (nSPS) is 12.2. The molecule has 0 radical (unpaired) electrons. The van der Waals surface area contributed by atoms with Crippen LogP contribution in [-0.2, 0) is 6.42 Å². The van der Waals surface area contributed by atoms with E-state index in [4.69, 9.17) is 9.84 Å². The molecule has 3 aromatic rings. The van der Waals surface area contributed by atoms with Crippen LogP contribution in [-0.4, -0.2) is 41.0 Å². The van der Waals surface area contributed by atoms with Crippen LogP contribution in [0.2, 0.25) is 0 Å². The van der Waals surface area contributed by atoms with E-state index in [1.54, 1.807) is 30.3 Å². The molecule has 0 saturated heterocycles. The van der Waals surface area contributed by atoms with Crippen molar-refractivity contribution in [2.45, 2.75) is 51.7 Å². The van der Waals surface area contributed by atoms with Crippen molar-refractivity contribution in [1.29, 1.82) is 5.26 Å². The number of nitrogens with one attached hydrogen (secondary N) is 1. The third-order valence-electron chi connectivity index (χ3n) is 6.11. The average Bonchev–Trinajstić information content (AvgIpc) is 2.86. The highest BCUT2D eigenvalue weighted by Gasteiger charge is 2.20. The predicted octanol–water partition coefficient (Wildman–Crippen LogP) is 5.40. The summed E-state index contributed by atoms with van der Waals surface area (Å²) in [6.45, 7) is 8.93. The first-order valence-electron chi connectivity index (χ1n) is 12.1. The Kier molecular flexibility index (Phi) is 8.87. The van der Waals surface area contributed by atoms with Crippen LogP contribution >= 0.6 is 0 Å². The predicted molar refractivity (Wildman–Crippen MR) is 141 cm³/mol. The van der Waals surface area contributed by atoms with Crippen molar-refractivity contribution in [3.8, 4) is 22.9 Å². The molecule has 1 atom stereocenters. The van der Waals surface area contributed by atoms with E-state index in [9.17, 15) is 15.2 Å². The minimum atomic E-state index is -0.986. The fraction of sp³-hybridized carbons (Fsp3) is 0.333. The number of β-amino-alcohol motifs (C(OH)–C–C–N with tert-alkyl or cyclic N) is 1. The lowest BCUT2D eigenvalue weighted by atomic mass is 9.93. The smallest absolute Gasteiger partial charge is 0.335 e. The number of carbonyl (C=O) groups is 1. The van der Waals surface area contributed by atoms with Crippen molar-refractivity contribution in [3.63, 3.8) is 0 Å². The number of aromatic carboxylic acids is 1. The van der Waals surface area contributed by atoms with E-state index in [-0.39, 0.29) is 17.7 Å². The number of nitrogens with zero attached hydrogens (tertiary/aromatic N) is 1. The Morgan fingerprint density at radius 1 is 1.03 bits per heavy atom. The van der Waals surface area contributed by atoms with Crippen molar-refractivity contribution in [2.75, 3.05) is 13.2 Å². The van der Waals surface area contributed by atoms with Gasteiger partial charge in [-0.2, -0.15) is 5.26 Å². The van der Waals surface area contributed by atoms with Gasteiger partial charge in [0.15, 0.2) is 0 Å². The number of aliphatic hydroxyl groups is 1. The molecule has 0 aliphatic heterocycles. The number of ether oxygens (including phenoxy) is 1. The molecule has 0 aromatic heterocycles. The topological polar surface area (TPSA) is 103 Å². The SMILES string of the molecule is CC(C)c1ccc(CC(C)(C)NCC(O)COc2cc(-c3ccc(C(=O)O)cc3)ccc2C#N)cc1. The van der Waals surface area contributed by atoms with Crippen molar-refractivity contribution in [3.05, 3.63) is 89.0 Å². The number of carboxylic acid groups (broad SMARTS) is 1. The Labute approximate surface area is 213 Å². The van der Waals surface area contributed by atoms with Crippen LogP contribution in [0, 0.1) is 11.3 Å². The van der Waals surface area contributed by atoms with Gasteiger partial charge in [-0.1, -0.05) is 56.3 Å². The molecule has 36 heavy (non-hydrogen) atoms. The Balaban J connectivity index is 1.58. The first kappa shape index (κ1) is 26.9. The van der Waals surface area contributed by atoms with Gasteiger partial charge in [0.1, 0.15) is 24.5 Å². The number of hydrogen-bond acceptors (Lipinski definition) is 5. The summed E-state index contributed by atoms with van der Waals surface area (Å²) in [6.07, 6.45) is 0.0536. The van der Waals surface area contributed by atoms with Crippen LogP contribution in [0.1, 0.15) is 60.7 Å². The van der Waals surface area contributed by atoms with E-state index in [0.29, 0.717) is 23.8 Å². The van der Waals surface area contributed by atoms with Crippen LogP contribution < -0.4 is 10.1 Å². The standard InChI is InChI=1S/C30H34N2O4/c1-20(2)22-7-5-21(6-8-22)16-30(3,4)32-18-27(33)19-36-28-15-25(13-14-26(28)17-31)23-9-11-24(12-10-23)29(34)35/h5-15,20,27,32-33H,16,18-19H2,1-4H3,(H,34,35). The molecule has 0 heterocycles. The van der Waals surface area contributed by atoms with Gasteiger partial charge < -0.3 is 20.3 Å². The van der Waals surface area contributed by atoms with Crippen LogP contribution in [0.4, 0.5) is 0 Å². The lowest BCUT2D eigenvalue weighted by molar-refractivity contribution is 0.0697. The number of rotatable bonds is 11. The number of nitriles is 1. The van der Waals surface area contributed by atoms with Crippen molar-refractivity contribution < 1.29 is 19.7 Å². The first-order chi connectivity index (χ1) is 17.1. The Hall–Kier alpha value is -3.66. The van der Waals surface area contributed by atoms with Crippen LogP contribution in [0.5, 0.6) is 5.75 Å². The summed E-state index contributed by atoms with van der Waals surface area (Å²) in [7, 11) is 0. The van der Waals surface area contributed by atoms with Gasteiger partial charge in [-0.05, 0) is 72.7 Å². The zero-order valence-electron chi connectivity index (χ0n) is 21.3. The van der Waals surface area contributed by atoms with E-state index in [2.05, 4.69) is 63.3 Å². The quantitative estimate of drug-likeness (QED) is 0.335. The van der Waals surface area contributed by atoms with Gasteiger partial charge in [0.25, 0.3) is 0 Å². The molecule has 0 amide bonds. The zero-order chi connectivity index (χ0) is 26.3. The number of aliphatic hydroxyl groups excluding tert-OH is 1. The van der Waals surface area contributed by atoms with E-state index < -0.39 is 12.1 Å². The maximum Gasteiger partial charge on any atom is 0.335 e. The largest absolute Gasteiger partial charge is 0.489 e. The number of carboxylic acids is 1. The summed E-state index contributed by atoms with van der Waals surface area (Å²) >= 11 is 0. The number of benzene rings is 3. The molecule has 0 bridgehead atoms. The van der Waals surface area contributed by atoms with Crippen LogP contribution in [0.25, 0.3) is 11.1 Å². The van der Waals surface area contributed by atoms with Gasteiger partial charge in [0.05, 0.1) is 11.1 Å². The Morgan fingerprint density at radius 3 is 2.25 bits per heavy atom. The second-order valence-corrected chi connectivity index (χ2v) is 10.0. The highest BCUT2D eigenvalue weighted by atomic mass is 16.5. The van der Waals surface area contributed by atoms with Gasteiger partial charge in [-0.15, -0.1) is 0 Å². The summed E-state index contributed by atoms with van der Waals surface area (Å²) in [5.74, 6) is -0.110. The molecule has 188 valence electrons. The maximum absolute atomic E-state index is 11.1. The highest BCUT2D eigenvalue weighted by Crippen LogP contribution is 2.28. The molecule has 0 fully saturated rings. The van der Waals surface area contributed by atoms with E-state index in [1.165, 1.54) is 23.3 Å². The van der Waals surface area contributed by atoms with Crippen LogP contribution in [0.15, 0.2) is 66.7 Å². The van der Waals surface area contributed by atoms with Crippen LogP contribution in [0.3, 0.4) is 0 Å².